The van der Waals surface area contributed by atoms with Gasteiger partial charge in [-0.3, -0.25) is 14.7 Å². The monoisotopic (exact) mass is 334 g/mol. The van der Waals surface area contributed by atoms with Crippen molar-refractivity contribution in [3.63, 3.8) is 0 Å². The van der Waals surface area contributed by atoms with Crippen molar-refractivity contribution >= 4 is 11.8 Å². The van der Waals surface area contributed by atoms with Gasteiger partial charge in [-0.1, -0.05) is 0 Å². The maximum atomic E-state index is 12.6. The van der Waals surface area contributed by atoms with Gasteiger partial charge in [0.15, 0.2) is 0 Å². The predicted molar refractivity (Wildman–Crippen MR) is 88.2 cm³/mol. The first-order chi connectivity index (χ1) is 11.7. The number of hydrogen-bond acceptors (Lipinski definition) is 4. The summed E-state index contributed by atoms with van der Waals surface area (Å²) in [6, 6.07) is 0. The molecule has 2 fully saturated rings. The van der Waals surface area contributed by atoms with Gasteiger partial charge in [-0.05, 0) is 31.2 Å². The fourth-order valence-corrected chi connectivity index (χ4v) is 3.46. The zero-order valence-corrected chi connectivity index (χ0v) is 14.1. The second kappa shape index (κ2) is 8.28. The lowest BCUT2D eigenvalue weighted by molar-refractivity contribution is -0.144. The Balaban J connectivity index is 1.45. The highest BCUT2D eigenvalue weighted by Gasteiger charge is 2.31. The Morgan fingerprint density at radius 3 is 2.83 bits per heavy atom. The Kier molecular flexibility index (Phi) is 5.85. The molecule has 1 atom stereocenters. The number of ether oxygens (including phenoxy) is 1. The number of hydrogen-bond donors (Lipinski definition) is 1. The maximum Gasteiger partial charge on any atom is 0.227 e. The third-order valence-electron chi connectivity index (χ3n) is 4.86. The van der Waals surface area contributed by atoms with Crippen LogP contribution in [0.1, 0.15) is 31.2 Å². The number of carbonyl (C=O) groups excluding carboxylic acids is 2. The fraction of sp³-hybridized carbons (Fsp3) is 0.706. The number of nitrogens with one attached hydrogen (secondary N) is 1. The van der Waals surface area contributed by atoms with Crippen LogP contribution in [0.2, 0.25) is 0 Å². The number of rotatable bonds is 5. The van der Waals surface area contributed by atoms with Gasteiger partial charge in [0, 0.05) is 38.8 Å². The number of aryl methyl sites for hydroxylation is 1. The van der Waals surface area contributed by atoms with Crippen molar-refractivity contribution < 1.29 is 14.3 Å². The van der Waals surface area contributed by atoms with Crippen molar-refractivity contribution in [1.29, 1.82) is 0 Å². The molecule has 0 saturated carbocycles. The van der Waals surface area contributed by atoms with E-state index in [0.29, 0.717) is 39.3 Å². The van der Waals surface area contributed by atoms with Gasteiger partial charge in [0.1, 0.15) is 0 Å². The van der Waals surface area contributed by atoms with Crippen LogP contribution in [-0.2, 0) is 20.7 Å². The van der Waals surface area contributed by atoms with E-state index in [1.165, 1.54) is 0 Å². The van der Waals surface area contributed by atoms with Crippen molar-refractivity contribution in [2.24, 2.45) is 5.92 Å². The molecule has 0 radical (unpaired) electrons. The SMILES string of the molecule is O=C(CCCc1cn[nH]c1)N1CCC[C@@H](C(=O)N2CCOCC2)C1. The van der Waals surface area contributed by atoms with E-state index in [2.05, 4.69) is 10.2 Å². The zero-order chi connectivity index (χ0) is 16.8. The number of carbonyl (C=O) groups is 2. The van der Waals surface area contributed by atoms with E-state index in [0.717, 1.165) is 37.8 Å². The van der Waals surface area contributed by atoms with E-state index in [1.54, 1.807) is 6.20 Å². The first-order valence-corrected chi connectivity index (χ1v) is 8.86. The number of amides is 2. The van der Waals surface area contributed by atoms with Gasteiger partial charge in [0.2, 0.25) is 11.8 Å². The topological polar surface area (TPSA) is 78.5 Å². The van der Waals surface area contributed by atoms with E-state index < -0.39 is 0 Å². The van der Waals surface area contributed by atoms with E-state index >= 15 is 0 Å². The Hall–Kier alpha value is -1.89. The van der Waals surface area contributed by atoms with Crippen molar-refractivity contribution in [1.82, 2.24) is 20.0 Å². The number of nitrogens with zero attached hydrogens (tertiary/aromatic N) is 3. The minimum atomic E-state index is -0.0466. The summed E-state index contributed by atoms with van der Waals surface area (Å²) in [6.45, 7) is 3.93. The van der Waals surface area contributed by atoms with Crippen LogP contribution in [0.4, 0.5) is 0 Å². The fourth-order valence-electron chi connectivity index (χ4n) is 3.46. The molecule has 0 unspecified atom stereocenters. The molecule has 0 aromatic carbocycles. The van der Waals surface area contributed by atoms with Gasteiger partial charge >= 0.3 is 0 Å². The molecule has 1 aromatic rings. The first kappa shape index (κ1) is 17.0. The Morgan fingerprint density at radius 1 is 1.25 bits per heavy atom. The van der Waals surface area contributed by atoms with Crippen LogP contribution in [0.15, 0.2) is 12.4 Å². The van der Waals surface area contributed by atoms with Gasteiger partial charge in [0.05, 0.1) is 25.3 Å². The Bertz CT molecular complexity index is 540. The van der Waals surface area contributed by atoms with E-state index in [9.17, 15) is 9.59 Å². The van der Waals surface area contributed by atoms with Gasteiger partial charge in [-0.2, -0.15) is 5.10 Å². The molecule has 7 nitrogen and oxygen atoms in total. The van der Waals surface area contributed by atoms with Gasteiger partial charge < -0.3 is 14.5 Å². The molecule has 2 saturated heterocycles. The summed E-state index contributed by atoms with van der Waals surface area (Å²) >= 11 is 0. The number of aromatic nitrogens is 2. The maximum absolute atomic E-state index is 12.6. The molecule has 0 spiro atoms. The highest BCUT2D eigenvalue weighted by Crippen LogP contribution is 2.20. The Labute approximate surface area is 142 Å². The molecule has 3 heterocycles. The van der Waals surface area contributed by atoms with Crippen LogP contribution in [0.5, 0.6) is 0 Å². The molecule has 0 bridgehead atoms. The molecule has 1 N–H and O–H groups in total. The summed E-state index contributed by atoms with van der Waals surface area (Å²) in [7, 11) is 0. The molecule has 0 aliphatic carbocycles. The molecule has 1 aromatic heterocycles. The van der Waals surface area contributed by atoms with Crippen LogP contribution in [0.25, 0.3) is 0 Å². The van der Waals surface area contributed by atoms with E-state index in [-0.39, 0.29) is 17.7 Å². The van der Waals surface area contributed by atoms with Gasteiger partial charge in [0.25, 0.3) is 0 Å². The third kappa shape index (κ3) is 4.35. The molecule has 3 rings (SSSR count). The smallest absolute Gasteiger partial charge is 0.227 e. The van der Waals surface area contributed by atoms with Crippen LogP contribution in [-0.4, -0.2) is 71.2 Å². The molecule has 24 heavy (non-hydrogen) atoms. The van der Waals surface area contributed by atoms with Gasteiger partial charge in [-0.25, -0.2) is 0 Å². The number of morpholine rings is 1. The number of likely N-dealkylation sites (tertiary alicyclic amines) is 1. The molecule has 2 aliphatic rings. The average Bonchev–Trinajstić information content (AvgIpc) is 3.15. The highest BCUT2D eigenvalue weighted by molar-refractivity contribution is 5.81. The second-order valence-electron chi connectivity index (χ2n) is 6.58. The van der Waals surface area contributed by atoms with Crippen molar-refractivity contribution in [2.75, 3.05) is 39.4 Å². The van der Waals surface area contributed by atoms with Crippen LogP contribution < -0.4 is 0 Å². The second-order valence-corrected chi connectivity index (χ2v) is 6.58. The lowest BCUT2D eigenvalue weighted by Gasteiger charge is -2.36. The lowest BCUT2D eigenvalue weighted by atomic mass is 9.95. The first-order valence-electron chi connectivity index (χ1n) is 8.86. The summed E-state index contributed by atoms with van der Waals surface area (Å²) < 4.78 is 5.31. The minimum absolute atomic E-state index is 0.0466. The van der Waals surface area contributed by atoms with Crippen molar-refractivity contribution in [3.8, 4) is 0 Å². The number of H-pyrrole nitrogens is 1. The lowest BCUT2D eigenvalue weighted by Crippen LogP contribution is -2.49. The summed E-state index contributed by atoms with van der Waals surface area (Å²) in [5, 5.41) is 6.70. The van der Waals surface area contributed by atoms with Crippen LogP contribution in [0, 0.1) is 5.92 Å². The Morgan fingerprint density at radius 2 is 2.08 bits per heavy atom. The molecule has 2 aliphatic heterocycles. The van der Waals surface area contributed by atoms with Crippen LogP contribution in [0.3, 0.4) is 0 Å². The standard InChI is InChI=1S/C17H26N4O3/c22-16(5-1-3-14-11-18-19-12-14)21-6-2-4-15(13-21)17(23)20-7-9-24-10-8-20/h11-12,15H,1-10,13H2,(H,18,19)/t15-/m1/s1. The normalized spacial score (nSPS) is 21.8. The third-order valence-corrected chi connectivity index (χ3v) is 4.86. The van der Waals surface area contributed by atoms with E-state index in [1.807, 2.05) is 16.0 Å². The molecular weight excluding hydrogens is 308 g/mol. The summed E-state index contributed by atoms with van der Waals surface area (Å²) in [5.41, 5.74) is 1.13. The summed E-state index contributed by atoms with van der Waals surface area (Å²) in [4.78, 5) is 28.8. The average molecular weight is 334 g/mol. The number of aromatic amines is 1. The predicted octanol–water partition coefficient (Wildman–Crippen LogP) is 0.830. The molecular formula is C17H26N4O3. The summed E-state index contributed by atoms with van der Waals surface area (Å²) in [5.74, 6) is 0.307. The minimum Gasteiger partial charge on any atom is -0.378 e. The quantitative estimate of drug-likeness (QED) is 0.865. The summed E-state index contributed by atoms with van der Waals surface area (Å²) in [6.07, 6.45) is 7.65. The highest BCUT2D eigenvalue weighted by atomic mass is 16.5. The van der Waals surface area contributed by atoms with E-state index in [4.69, 9.17) is 4.74 Å². The van der Waals surface area contributed by atoms with Crippen molar-refractivity contribution in [2.45, 2.75) is 32.1 Å². The number of piperidine rings is 1. The molecule has 132 valence electrons. The molecule has 2 amide bonds. The molecule has 7 heteroatoms. The largest absolute Gasteiger partial charge is 0.378 e. The van der Waals surface area contributed by atoms with Crippen LogP contribution >= 0.6 is 0 Å². The van der Waals surface area contributed by atoms with Crippen molar-refractivity contribution in [3.05, 3.63) is 18.0 Å². The van der Waals surface area contributed by atoms with Gasteiger partial charge in [-0.15, -0.1) is 0 Å². The zero-order valence-electron chi connectivity index (χ0n) is 14.1.